The Kier molecular flexibility index (Phi) is 5.62. The minimum atomic E-state index is 0.0730. The zero-order chi connectivity index (χ0) is 16.8. The van der Waals surface area contributed by atoms with Crippen LogP contribution in [0.4, 0.5) is 0 Å². The summed E-state index contributed by atoms with van der Waals surface area (Å²) in [7, 11) is 1.97. The van der Waals surface area contributed by atoms with E-state index in [-0.39, 0.29) is 6.10 Å². The maximum Gasteiger partial charge on any atom is 0.134 e. The lowest BCUT2D eigenvalue weighted by Crippen LogP contribution is -2.15. The summed E-state index contributed by atoms with van der Waals surface area (Å²) in [5.41, 5.74) is 3.25. The monoisotopic (exact) mass is 338 g/mol. The Morgan fingerprint density at radius 3 is 2.75 bits per heavy atom. The van der Waals surface area contributed by atoms with E-state index in [1.54, 1.807) is 11.3 Å². The zero-order valence-electron chi connectivity index (χ0n) is 14.0. The van der Waals surface area contributed by atoms with Crippen molar-refractivity contribution in [1.82, 2.24) is 10.3 Å². The van der Waals surface area contributed by atoms with Crippen molar-refractivity contribution in [1.29, 1.82) is 0 Å². The van der Waals surface area contributed by atoms with Crippen molar-refractivity contribution >= 4 is 11.3 Å². The van der Waals surface area contributed by atoms with Crippen LogP contribution in [0.3, 0.4) is 0 Å². The van der Waals surface area contributed by atoms with Crippen molar-refractivity contribution in [3.8, 4) is 16.9 Å². The molecule has 0 aliphatic heterocycles. The third-order valence-corrected chi connectivity index (χ3v) is 4.84. The first kappa shape index (κ1) is 16.7. The number of rotatable bonds is 7. The van der Waals surface area contributed by atoms with Crippen LogP contribution in [0, 0.1) is 6.92 Å². The molecule has 0 saturated carbocycles. The van der Waals surface area contributed by atoms with Gasteiger partial charge in [-0.25, -0.2) is 0 Å². The molecule has 1 aromatic carbocycles. The predicted octanol–water partition coefficient (Wildman–Crippen LogP) is 4.85. The molecule has 2 aromatic heterocycles. The van der Waals surface area contributed by atoms with Gasteiger partial charge in [0.05, 0.1) is 0 Å². The first-order valence-electron chi connectivity index (χ1n) is 8.14. The Morgan fingerprint density at radius 2 is 2.04 bits per heavy atom. The molecule has 0 unspecified atom stereocenters. The van der Waals surface area contributed by atoms with Gasteiger partial charge >= 0.3 is 0 Å². The minimum absolute atomic E-state index is 0.0730. The number of hydrogen-bond acceptors (Lipinski definition) is 4. The van der Waals surface area contributed by atoms with E-state index in [1.807, 2.05) is 38.4 Å². The molecule has 0 amide bonds. The SMILES string of the molecule is CNCC[C@H](Oc1cccc(-c2ccc(C)nc2)c1)c1cccs1. The van der Waals surface area contributed by atoms with E-state index in [0.29, 0.717) is 0 Å². The maximum atomic E-state index is 6.30. The summed E-state index contributed by atoms with van der Waals surface area (Å²) in [6.45, 7) is 2.92. The molecule has 24 heavy (non-hydrogen) atoms. The summed E-state index contributed by atoms with van der Waals surface area (Å²) in [5, 5.41) is 5.30. The molecule has 124 valence electrons. The van der Waals surface area contributed by atoms with E-state index in [4.69, 9.17) is 4.74 Å². The number of nitrogens with one attached hydrogen (secondary N) is 1. The largest absolute Gasteiger partial charge is 0.485 e. The Morgan fingerprint density at radius 1 is 1.12 bits per heavy atom. The Labute approximate surface area is 147 Å². The summed E-state index contributed by atoms with van der Waals surface area (Å²) in [6, 6.07) is 16.6. The molecule has 0 saturated heterocycles. The number of benzene rings is 1. The van der Waals surface area contributed by atoms with Crippen molar-refractivity contribution in [2.75, 3.05) is 13.6 Å². The molecule has 0 spiro atoms. The van der Waals surface area contributed by atoms with E-state index < -0.39 is 0 Å². The van der Waals surface area contributed by atoms with Crippen molar-refractivity contribution in [2.24, 2.45) is 0 Å². The highest BCUT2D eigenvalue weighted by Gasteiger charge is 2.14. The van der Waals surface area contributed by atoms with Gasteiger partial charge in [0, 0.05) is 28.8 Å². The van der Waals surface area contributed by atoms with Crippen molar-refractivity contribution in [2.45, 2.75) is 19.4 Å². The molecule has 3 rings (SSSR count). The number of aromatic nitrogens is 1. The van der Waals surface area contributed by atoms with Crippen molar-refractivity contribution < 1.29 is 4.74 Å². The third-order valence-electron chi connectivity index (χ3n) is 3.87. The van der Waals surface area contributed by atoms with Crippen LogP contribution in [0.2, 0.25) is 0 Å². The van der Waals surface area contributed by atoms with E-state index in [2.05, 4.69) is 46.0 Å². The van der Waals surface area contributed by atoms with Gasteiger partial charge in [0.15, 0.2) is 0 Å². The zero-order valence-corrected chi connectivity index (χ0v) is 14.8. The number of aryl methyl sites for hydroxylation is 1. The summed E-state index contributed by atoms with van der Waals surface area (Å²) in [5.74, 6) is 0.891. The first-order chi connectivity index (χ1) is 11.8. The lowest BCUT2D eigenvalue weighted by molar-refractivity contribution is 0.199. The molecule has 0 aliphatic carbocycles. The number of nitrogens with zero attached hydrogens (tertiary/aromatic N) is 1. The van der Waals surface area contributed by atoms with Gasteiger partial charge in [0.2, 0.25) is 0 Å². The molecule has 3 nitrogen and oxygen atoms in total. The highest BCUT2D eigenvalue weighted by atomic mass is 32.1. The van der Waals surface area contributed by atoms with Crippen LogP contribution in [0.15, 0.2) is 60.1 Å². The molecule has 3 aromatic rings. The van der Waals surface area contributed by atoms with Gasteiger partial charge in [-0.05, 0) is 55.7 Å². The van der Waals surface area contributed by atoms with Crippen LogP contribution in [0.5, 0.6) is 5.75 Å². The fraction of sp³-hybridized carbons (Fsp3) is 0.250. The number of hydrogen-bond donors (Lipinski definition) is 1. The van der Waals surface area contributed by atoms with Crippen LogP contribution in [0.1, 0.15) is 23.1 Å². The summed E-state index contributed by atoms with van der Waals surface area (Å²) in [6.07, 6.45) is 2.92. The number of ether oxygens (including phenoxy) is 1. The van der Waals surface area contributed by atoms with Gasteiger partial charge in [-0.15, -0.1) is 11.3 Å². The van der Waals surface area contributed by atoms with Crippen LogP contribution < -0.4 is 10.1 Å². The van der Waals surface area contributed by atoms with Gasteiger partial charge < -0.3 is 10.1 Å². The Hall–Kier alpha value is -2.17. The third kappa shape index (κ3) is 4.22. The second kappa shape index (κ2) is 8.08. The van der Waals surface area contributed by atoms with Gasteiger partial charge in [0.1, 0.15) is 11.9 Å². The number of pyridine rings is 1. The average Bonchev–Trinajstić information content (AvgIpc) is 3.14. The first-order valence-corrected chi connectivity index (χ1v) is 9.02. The van der Waals surface area contributed by atoms with Crippen molar-refractivity contribution in [3.05, 3.63) is 70.7 Å². The van der Waals surface area contributed by atoms with Gasteiger partial charge in [0.25, 0.3) is 0 Å². The molecular weight excluding hydrogens is 316 g/mol. The highest BCUT2D eigenvalue weighted by molar-refractivity contribution is 7.10. The Bertz CT molecular complexity index is 754. The van der Waals surface area contributed by atoms with E-state index >= 15 is 0 Å². The summed E-state index contributed by atoms with van der Waals surface area (Å²) < 4.78 is 6.30. The highest BCUT2D eigenvalue weighted by Crippen LogP contribution is 2.30. The Balaban J connectivity index is 1.80. The average molecular weight is 338 g/mol. The van der Waals surface area contributed by atoms with Gasteiger partial charge in [-0.3, -0.25) is 4.98 Å². The topological polar surface area (TPSA) is 34.1 Å². The lowest BCUT2D eigenvalue weighted by Gasteiger charge is -2.18. The molecule has 0 aliphatic rings. The second-order valence-corrected chi connectivity index (χ2v) is 6.71. The van der Waals surface area contributed by atoms with Crippen LogP contribution in [0.25, 0.3) is 11.1 Å². The quantitative estimate of drug-likeness (QED) is 0.669. The minimum Gasteiger partial charge on any atom is -0.485 e. The fourth-order valence-corrected chi connectivity index (χ4v) is 3.35. The molecule has 0 fully saturated rings. The number of thiophene rings is 1. The molecule has 2 heterocycles. The fourth-order valence-electron chi connectivity index (χ4n) is 2.56. The van der Waals surface area contributed by atoms with E-state index in [0.717, 1.165) is 35.5 Å². The molecule has 4 heteroatoms. The maximum absolute atomic E-state index is 6.30. The lowest BCUT2D eigenvalue weighted by atomic mass is 10.1. The summed E-state index contributed by atoms with van der Waals surface area (Å²) in [4.78, 5) is 5.64. The second-order valence-electron chi connectivity index (χ2n) is 5.73. The molecule has 0 bridgehead atoms. The van der Waals surface area contributed by atoms with Gasteiger partial charge in [-0.1, -0.05) is 24.3 Å². The van der Waals surface area contributed by atoms with Gasteiger partial charge in [-0.2, -0.15) is 0 Å². The standard InChI is InChI=1S/C20H22N2OS/c1-15-8-9-17(14-22-15)16-5-3-6-18(13-16)23-19(10-11-21-2)20-7-4-12-24-20/h3-9,12-14,19,21H,10-11H2,1-2H3/t19-/m0/s1. The van der Waals surface area contributed by atoms with E-state index in [9.17, 15) is 0 Å². The van der Waals surface area contributed by atoms with Crippen molar-refractivity contribution in [3.63, 3.8) is 0 Å². The molecule has 0 radical (unpaired) electrons. The van der Waals surface area contributed by atoms with Crippen LogP contribution in [-0.4, -0.2) is 18.6 Å². The van der Waals surface area contributed by atoms with E-state index in [1.165, 1.54) is 4.88 Å². The molecular formula is C20H22N2OS. The normalized spacial score (nSPS) is 12.1. The molecule has 1 N–H and O–H groups in total. The molecule has 1 atom stereocenters. The van der Waals surface area contributed by atoms with Crippen LogP contribution in [-0.2, 0) is 0 Å². The smallest absolute Gasteiger partial charge is 0.134 e. The summed E-state index contributed by atoms with van der Waals surface area (Å²) >= 11 is 1.74. The van der Waals surface area contributed by atoms with Crippen LogP contribution >= 0.6 is 11.3 Å². The predicted molar refractivity (Wildman–Crippen MR) is 101 cm³/mol.